The molecule has 21 heavy (non-hydrogen) atoms. The molecule has 1 unspecified atom stereocenters. The summed E-state index contributed by atoms with van der Waals surface area (Å²) in [5.41, 5.74) is 0.878. The summed E-state index contributed by atoms with van der Waals surface area (Å²) >= 11 is 6.39. The van der Waals surface area contributed by atoms with E-state index in [9.17, 15) is 4.79 Å². The number of halogens is 1. The van der Waals surface area contributed by atoms with Crippen LogP contribution in [0, 0.1) is 11.8 Å². The minimum absolute atomic E-state index is 0.0316. The third-order valence-corrected chi connectivity index (χ3v) is 4.01. The lowest BCUT2D eigenvalue weighted by Crippen LogP contribution is -2.36. The summed E-state index contributed by atoms with van der Waals surface area (Å²) in [7, 11) is 0. The molecule has 0 fully saturated rings. The summed E-state index contributed by atoms with van der Waals surface area (Å²) in [5, 5.41) is -0.578. The van der Waals surface area contributed by atoms with Crippen LogP contribution in [0.15, 0.2) is 30.3 Å². The number of alkyl halides is 1. The van der Waals surface area contributed by atoms with Crippen LogP contribution >= 0.6 is 11.6 Å². The Hall–Kier alpha value is -1.02. The van der Waals surface area contributed by atoms with Crippen molar-refractivity contribution in [3.8, 4) is 0 Å². The van der Waals surface area contributed by atoms with Gasteiger partial charge in [0.2, 0.25) is 5.91 Å². The standard InChI is InChI=1S/C18H28ClNO/c1-14(2)10-12-20(13-11-15(3)4)18(21)17(19)16-8-6-5-7-9-16/h5-9,14-15,17H,10-13H2,1-4H3. The Kier molecular flexibility index (Phi) is 7.81. The van der Waals surface area contributed by atoms with Gasteiger partial charge in [0.1, 0.15) is 5.38 Å². The second-order valence-electron chi connectivity index (χ2n) is 6.46. The third-order valence-electron chi connectivity index (χ3n) is 3.57. The van der Waals surface area contributed by atoms with E-state index in [1.54, 1.807) is 0 Å². The van der Waals surface area contributed by atoms with Crippen molar-refractivity contribution >= 4 is 17.5 Å². The fraction of sp³-hybridized carbons (Fsp3) is 0.611. The van der Waals surface area contributed by atoms with Gasteiger partial charge in [0.25, 0.3) is 0 Å². The van der Waals surface area contributed by atoms with Gasteiger partial charge in [-0.1, -0.05) is 58.0 Å². The summed E-state index contributed by atoms with van der Waals surface area (Å²) in [5.74, 6) is 1.21. The zero-order valence-corrected chi connectivity index (χ0v) is 14.4. The van der Waals surface area contributed by atoms with E-state index in [-0.39, 0.29) is 5.91 Å². The Balaban J connectivity index is 2.73. The van der Waals surface area contributed by atoms with Gasteiger partial charge >= 0.3 is 0 Å². The molecule has 0 aliphatic heterocycles. The molecule has 118 valence electrons. The lowest BCUT2D eigenvalue weighted by molar-refractivity contribution is -0.131. The van der Waals surface area contributed by atoms with E-state index in [1.807, 2.05) is 35.2 Å². The first-order valence-corrected chi connectivity index (χ1v) is 8.33. The van der Waals surface area contributed by atoms with Gasteiger partial charge in [-0.25, -0.2) is 0 Å². The fourth-order valence-corrected chi connectivity index (χ4v) is 2.37. The maximum atomic E-state index is 12.7. The predicted molar refractivity (Wildman–Crippen MR) is 90.5 cm³/mol. The molecule has 1 rings (SSSR count). The molecule has 0 radical (unpaired) electrons. The van der Waals surface area contributed by atoms with E-state index in [2.05, 4.69) is 27.7 Å². The summed E-state index contributed by atoms with van der Waals surface area (Å²) in [6.07, 6.45) is 2.03. The molecule has 2 nitrogen and oxygen atoms in total. The molecular formula is C18H28ClNO. The molecule has 3 heteroatoms. The molecule has 0 spiro atoms. The van der Waals surface area contributed by atoms with Crippen molar-refractivity contribution < 1.29 is 4.79 Å². The zero-order chi connectivity index (χ0) is 15.8. The first-order valence-electron chi connectivity index (χ1n) is 7.89. The van der Waals surface area contributed by atoms with Crippen LogP contribution < -0.4 is 0 Å². The van der Waals surface area contributed by atoms with Gasteiger partial charge in [-0.15, -0.1) is 11.6 Å². The molecule has 0 aliphatic rings. The van der Waals surface area contributed by atoms with Crippen LogP contribution in [0.2, 0.25) is 0 Å². The fourth-order valence-electron chi connectivity index (χ4n) is 2.09. The average molecular weight is 310 g/mol. The van der Waals surface area contributed by atoms with Crippen LogP contribution in [-0.4, -0.2) is 23.9 Å². The Morgan fingerprint density at radius 3 is 1.90 bits per heavy atom. The summed E-state index contributed by atoms with van der Waals surface area (Å²) in [6.45, 7) is 10.3. The highest BCUT2D eigenvalue weighted by atomic mass is 35.5. The number of nitrogens with zero attached hydrogens (tertiary/aromatic N) is 1. The molecular weight excluding hydrogens is 282 g/mol. The van der Waals surface area contributed by atoms with Gasteiger partial charge < -0.3 is 4.90 Å². The number of hydrogen-bond acceptors (Lipinski definition) is 1. The highest BCUT2D eigenvalue weighted by Gasteiger charge is 2.23. The molecule has 1 atom stereocenters. The summed E-state index contributed by atoms with van der Waals surface area (Å²) in [4.78, 5) is 14.6. The number of amides is 1. The number of carbonyl (C=O) groups is 1. The molecule has 1 aromatic rings. The number of benzene rings is 1. The zero-order valence-electron chi connectivity index (χ0n) is 13.7. The lowest BCUT2D eigenvalue weighted by Gasteiger charge is -2.26. The van der Waals surface area contributed by atoms with E-state index in [0.29, 0.717) is 11.8 Å². The van der Waals surface area contributed by atoms with Crippen LogP contribution in [0.25, 0.3) is 0 Å². The molecule has 0 bridgehead atoms. The van der Waals surface area contributed by atoms with Crippen molar-refractivity contribution in [2.45, 2.75) is 45.9 Å². The molecule has 0 saturated carbocycles. The highest BCUT2D eigenvalue weighted by Crippen LogP contribution is 2.23. The van der Waals surface area contributed by atoms with E-state index >= 15 is 0 Å². The van der Waals surface area contributed by atoms with Gasteiger partial charge in [0.05, 0.1) is 0 Å². The maximum absolute atomic E-state index is 12.7. The van der Waals surface area contributed by atoms with Crippen molar-refractivity contribution in [1.82, 2.24) is 4.90 Å². The molecule has 0 aromatic heterocycles. The minimum Gasteiger partial charge on any atom is -0.341 e. The Labute approximate surface area is 134 Å². The van der Waals surface area contributed by atoms with Crippen LogP contribution in [0.1, 0.15) is 51.5 Å². The quantitative estimate of drug-likeness (QED) is 0.626. The maximum Gasteiger partial charge on any atom is 0.245 e. The smallest absolute Gasteiger partial charge is 0.245 e. The monoisotopic (exact) mass is 309 g/mol. The SMILES string of the molecule is CC(C)CCN(CCC(C)C)C(=O)C(Cl)c1ccccc1. The lowest BCUT2D eigenvalue weighted by atomic mass is 10.1. The normalized spacial score (nSPS) is 12.7. The van der Waals surface area contributed by atoms with E-state index < -0.39 is 5.38 Å². The van der Waals surface area contributed by atoms with E-state index in [0.717, 1.165) is 31.5 Å². The minimum atomic E-state index is -0.578. The van der Waals surface area contributed by atoms with Crippen LogP contribution in [-0.2, 0) is 4.79 Å². The van der Waals surface area contributed by atoms with E-state index in [4.69, 9.17) is 11.6 Å². The van der Waals surface area contributed by atoms with Gasteiger partial charge in [-0.3, -0.25) is 4.79 Å². The van der Waals surface area contributed by atoms with Gasteiger partial charge in [0, 0.05) is 13.1 Å². The summed E-state index contributed by atoms with van der Waals surface area (Å²) in [6, 6.07) is 9.61. The molecule has 0 aliphatic carbocycles. The Bertz CT molecular complexity index is 404. The number of hydrogen-bond donors (Lipinski definition) is 0. The molecule has 1 amide bonds. The Morgan fingerprint density at radius 1 is 1.00 bits per heavy atom. The molecule has 0 heterocycles. The largest absolute Gasteiger partial charge is 0.341 e. The van der Waals surface area contributed by atoms with E-state index in [1.165, 1.54) is 0 Å². The second-order valence-corrected chi connectivity index (χ2v) is 6.90. The van der Waals surface area contributed by atoms with Crippen LogP contribution in [0.3, 0.4) is 0 Å². The van der Waals surface area contributed by atoms with Crippen molar-refractivity contribution in [2.24, 2.45) is 11.8 Å². The summed E-state index contributed by atoms with van der Waals surface area (Å²) < 4.78 is 0. The van der Waals surface area contributed by atoms with Crippen molar-refractivity contribution in [1.29, 1.82) is 0 Å². The van der Waals surface area contributed by atoms with Crippen molar-refractivity contribution in [3.63, 3.8) is 0 Å². The van der Waals surface area contributed by atoms with Crippen LogP contribution in [0.5, 0.6) is 0 Å². The van der Waals surface area contributed by atoms with Gasteiger partial charge in [-0.05, 0) is 30.2 Å². The highest BCUT2D eigenvalue weighted by molar-refractivity contribution is 6.30. The van der Waals surface area contributed by atoms with Gasteiger partial charge in [-0.2, -0.15) is 0 Å². The third kappa shape index (κ3) is 6.52. The van der Waals surface area contributed by atoms with Crippen molar-refractivity contribution in [2.75, 3.05) is 13.1 Å². The Morgan fingerprint density at radius 2 is 1.48 bits per heavy atom. The molecule has 0 saturated heterocycles. The van der Waals surface area contributed by atoms with Gasteiger partial charge in [0.15, 0.2) is 0 Å². The number of rotatable bonds is 8. The first kappa shape index (κ1) is 18.0. The van der Waals surface area contributed by atoms with Crippen LogP contribution in [0.4, 0.5) is 0 Å². The predicted octanol–water partition coefficient (Wildman–Crippen LogP) is 4.89. The molecule has 0 N–H and O–H groups in total. The number of carbonyl (C=O) groups excluding carboxylic acids is 1. The second kappa shape index (κ2) is 9.09. The molecule has 1 aromatic carbocycles. The average Bonchev–Trinajstić information content (AvgIpc) is 2.46. The topological polar surface area (TPSA) is 20.3 Å². The van der Waals surface area contributed by atoms with Crippen molar-refractivity contribution in [3.05, 3.63) is 35.9 Å². The first-order chi connectivity index (χ1) is 9.91.